The summed E-state index contributed by atoms with van der Waals surface area (Å²) >= 11 is 1.85. The topological polar surface area (TPSA) is 12.0 Å². The van der Waals surface area contributed by atoms with Gasteiger partial charge in [0.2, 0.25) is 0 Å². The molecule has 1 aromatic rings. The number of hydrogen-bond acceptors (Lipinski definition) is 2. The van der Waals surface area contributed by atoms with Crippen molar-refractivity contribution in [1.82, 2.24) is 5.32 Å². The van der Waals surface area contributed by atoms with E-state index in [0.717, 1.165) is 11.8 Å². The molecule has 0 fully saturated rings. The average Bonchev–Trinajstić information content (AvgIpc) is 2.67. The maximum absolute atomic E-state index is 3.79. The lowest BCUT2D eigenvalue weighted by atomic mass is 9.95. The fraction of sp³-hybridized carbons (Fsp3) is 0.733. The Morgan fingerprint density at radius 1 is 1.06 bits per heavy atom. The molecule has 0 amide bonds. The average molecular weight is 253 g/mol. The van der Waals surface area contributed by atoms with Gasteiger partial charge in [0.05, 0.1) is 0 Å². The van der Waals surface area contributed by atoms with E-state index in [2.05, 4.69) is 57.4 Å². The Balaban J connectivity index is 2.52. The largest absolute Gasteiger partial charge is 0.307 e. The molecule has 1 nitrogen and oxygen atoms in total. The van der Waals surface area contributed by atoms with Crippen LogP contribution in [0.15, 0.2) is 17.5 Å². The molecule has 17 heavy (non-hydrogen) atoms. The maximum atomic E-state index is 3.79. The van der Waals surface area contributed by atoms with Gasteiger partial charge < -0.3 is 5.32 Å². The lowest BCUT2D eigenvalue weighted by Gasteiger charge is -2.26. The Kier molecular flexibility index (Phi) is 6.21. The van der Waals surface area contributed by atoms with Gasteiger partial charge in [-0.1, -0.05) is 33.8 Å². The highest BCUT2D eigenvalue weighted by Crippen LogP contribution is 2.22. The molecule has 2 heteroatoms. The summed E-state index contributed by atoms with van der Waals surface area (Å²) in [7, 11) is 0. The second-order valence-corrected chi connectivity index (χ2v) is 6.84. The van der Waals surface area contributed by atoms with Gasteiger partial charge in [-0.05, 0) is 43.0 Å². The van der Waals surface area contributed by atoms with Crippen molar-refractivity contribution in [3.05, 3.63) is 22.4 Å². The van der Waals surface area contributed by atoms with E-state index < -0.39 is 0 Å². The van der Waals surface area contributed by atoms with E-state index in [1.165, 1.54) is 17.7 Å². The van der Waals surface area contributed by atoms with Gasteiger partial charge in [0, 0.05) is 17.0 Å². The van der Waals surface area contributed by atoms with E-state index in [1.54, 1.807) is 0 Å². The summed E-state index contributed by atoms with van der Waals surface area (Å²) < 4.78 is 0. The molecule has 1 atom stereocenters. The molecule has 0 radical (unpaired) electrons. The van der Waals surface area contributed by atoms with Gasteiger partial charge in [0.1, 0.15) is 0 Å². The summed E-state index contributed by atoms with van der Waals surface area (Å²) in [6.07, 6.45) is 2.54. The van der Waals surface area contributed by atoms with Crippen molar-refractivity contribution in [3.8, 4) is 0 Å². The molecule has 1 N–H and O–H groups in total. The summed E-state index contributed by atoms with van der Waals surface area (Å²) in [5.41, 5.74) is 0. The predicted octanol–water partition coefficient (Wildman–Crippen LogP) is 4.86. The molecule has 1 unspecified atom stereocenters. The maximum Gasteiger partial charge on any atom is 0.0388 e. The smallest absolute Gasteiger partial charge is 0.0388 e. The van der Waals surface area contributed by atoms with Crippen LogP contribution in [0.25, 0.3) is 0 Å². The van der Waals surface area contributed by atoms with Crippen molar-refractivity contribution in [2.45, 2.75) is 59.5 Å². The molecule has 0 bridgehead atoms. The predicted molar refractivity (Wildman–Crippen MR) is 78.6 cm³/mol. The molecule has 1 aromatic heterocycles. The minimum absolute atomic E-state index is 0.484. The fourth-order valence-electron chi connectivity index (χ4n) is 2.34. The zero-order chi connectivity index (χ0) is 12.8. The highest BCUT2D eigenvalue weighted by Gasteiger charge is 2.16. The molecule has 98 valence electrons. The van der Waals surface area contributed by atoms with Crippen molar-refractivity contribution in [3.63, 3.8) is 0 Å². The quantitative estimate of drug-likeness (QED) is 0.732. The number of nitrogens with one attached hydrogen (secondary N) is 1. The van der Waals surface area contributed by atoms with Crippen molar-refractivity contribution in [2.24, 2.45) is 11.8 Å². The van der Waals surface area contributed by atoms with Gasteiger partial charge in [0.25, 0.3) is 0 Å². The van der Waals surface area contributed by atoms with Crippen LogP contribution < -0.4 is 5.32 Å². The van der Waals surface area contributed by atoms with Crippen molar-refractivity contribution < 1.29 is 0 Å². The zero-order valence-electron chi connectivity index (χ0n) is 11.9. The van der Waals surface area contributed by atoms with Gasteiger partial charge >= 0.3 is 0 Å². The van der Waals surface area contributed by atoms with Crippen molar-refractivity contribution >= 4 is 11.3 Å². The molecular weight excluding hydrogens is 226 g/mol. The fourth-order valence-corrected chi connectivity index (χ4v) is 3.09. The van der Waals surface area contributed by atoms with Crippen LogP contribution >= 0.6 is 11.3 Å². The van der Waals surface area contributed by atoms with Crippen molar-refractivity contribution in [1.29, 1.82) is 0 Å². The van der Waals surface area contributed by atoms with Crippen LogP contribution in [-0.2, 0) is 0 Å². The third kappa shape index (κ3) is 5.69. The second-order valence-electron chi connectivity index (χ2n) is 5.86. The van der Waals surface area contributed by atoms with Gasteiger partial charge in [-0.2, -0.15) is 0 Å². The molecule has 0 aromatic carbocycles. The van der Waals surface area contributed by atoms with Gasteiger partial charge in [0.15, 0.2) is 0 Å². The lowest BCUT2D eigenvalue weighted by molar-refractivity contribution is 0.337. The van der Waals surface area contributed by atoms with Gasteiger partial charge in [-0.15, -0.1) is 11.3 Å². The first-order chi connectivity index (χ1) is 7.99. The zero-order valence-corrected chi connectivity index (χ0v) is 12.7. The van der Waals surface area contributed by atoms with Gasteiger partial charge in [-0.25, -0.2) is 0 Å². The van der Waals surface area contributed by atoms with Crippen LogP contribution in [0, 0.1) is 11.8 Å². The van der Waals surface area contributed by atoms with E-state index in [1.807, 2.05) is 11.3 Å². The highest BCUT2D eigenvalue weighted by molar-refractivity contribution is 7.10. The molecule has 0 spiro atoms. The summed E-state index contributed by atoms with van der Waals surface area (Å²) in [5.74, 6) is 1.53. The molecule has 0 aliphatic carbocycles. The van der Waals surface area contributed by atoms with Gasteiger partial charge in [-0.3, -0.25) is 0 Å². The SMILES string of the molecule is CC(C)CC(CC(C)C)NC(C)c1cccs1. The molecule has 1 heterocycles. The van der Waals surface area contributed by atoms with Crippen LogP contribution in [0.3, 0.4) is 0 Å². The third-order valence-corrected chi connectivity index (χ3v) is 4.02. The molecule has 0 saturated carbocycles. The summed E-state index contributed by atoms with van der Waals surface area (Å²) in [6.45, 7) is 11.5. The van der Waals surface area contributed by atoms with Crippen LogP contribution in [0.4, 0.5) is 0 Å². The second kappa shape index (κ2) is 7.17. The highest BCUT2D eigenvalue weighted by atomic mass is 32.1. The minimum atomic E-state index is 0.484. The first-order valence-electron chi connectivity index (χ1n) is 6.78. The first kappa shape index (κ1) is 14.7. The normalized spacial score (nSPS) is 13.9. The van der Waals surface area contributed by atoms with E-state index >= 15 is 0 Å². The monoisotopic (exact) mass is 253 g/mol. The number of hydrogen-bond donors (Lipinski definition) is 1. The number of rotatable bonds is 7. The Labute approximate surface area is 111 Å². The van der Waals surface area contributed by atoms with E-state index in [9.17, 15) is 0 Å². The Morgan fingerprint density at radius 2 is 1.65 bits per heavy atom. The molecular formula is C15H27NS. The summed E-state index contributed by atoms with van der Waals surface area (Å²) in [6, 6.07) is 5.49. The summed E-state index contributed by atoms with van der Waals surface area (Å²) in [4.78, 5) is 1.45. The van der Waals surface area contributed by atoms with Crippen molar-refractivity contribution in [2.75, 3.05) is 0 Å². The summed E-state index contributed by atoms with van der Waals surface area (Å²) in [5, 5.41) is 5.95. The standard InChI is InChI=1S/C15H27NS/c1-11(2)9-14(10-12(3)4)16-13(5)15-7-6-8-17-15/h6-8,11-14,16H,9-10H2,1-5H3. The molecule has 1 rings (SSSR count). The minimum Gasteiger partial charge on any atom is -0.307 e. The third-order valence-electron chi connectivity index (χ3n) is 2.97. The van der Waals surface area contributed by atoms with E-state index in [4.69, 9.17) is 0 Å². The molecule has 0 aliphatic rings. The van der Waals surface area contributed by atoms with Crippen LogP contribution in [0.1, 0.15) is 58.4 Å². The lowest BCUT2D eigenvalue weighted by Crippen LogP contribution is -2.33. The Morgan fingerprint density at radius 3 is 2.06 bits per heavy atom. The van der Waals surface area contributed by atoms with Crippen LogP contribution in [0.2, 0.25) is 0 Å². The Bertz CT molecular complexity index is 280. The van der Waals surface area contributed by atoms with E-state index in [-0.39, 0.29) is 0 Å². The van der Waals surface area contributed by atoms with Crippen LogP contribution in [-0.4, -0.2) is 6.04 Å². The van der Waals surface area contributed by atoms with E-state index in [0.29, 0.717) is 12.1 Å². The molecule has 0 aliphatic heterocycles. The van der Waals surface area contributed by atoms with Crippen LogP contribution in [0.5, 0.6) is 0 Å². The Hall–Kier alpha value is -0.340. The number of thiophene rings is 1. The molecule has 0 saturated heterocycles. The first-order valence-corrected chi connectivity index (χ1v) is 7.66.